The Kier molecular flexibility index (Phi) is 9.60. The number of benzene rings is 4. The summed E-state index contributed by atoms with van der Waals surface area (Å²) in [6.45, 7) is 2.07. The first-order chi connectivity index (χ1) is 22.3. The summed E-state index contributed by atoms with van der Waals surface area (Å²) in [6.07, 6.45) is 0.618. The van der Waals surface area contributed by atoms with Crippen molar-refractivity contribution in [1.82, 2.24) is 4.98 Å². The smallest absolute Gasteiger partial charge is 0.429 e. The molecule has 0 aliphatic heterocycles. The number of hydrogen-bond acceptors (Lipinski definition) is 2. The van der Waals surface area contributed by atoms with Gasteiger partial charge in [-0.15, -0.1) is 0 Å². The Morgan fingerprint density at radius 3 is 1.77 bits per heavy atom. The molecule has 0 aliphatic rings. The Morgan fingerprint density at radius 2 is 1.21 bits per heavy atom. The molecule has 0 saturated heterocycles. The molecule has 4 aromatic carbocycles. The summed E-state index contributed by atoms with van der Waals surface area (Å²) in [4.78, 5) is 4.23. The zero-order valence-electron chi connectivity index (χ0n) is 24.4. The molecule has 5 rings (SSSR count). The highest BCUT2D eigenvalue weighted by Crippen LogP contribution is 2.39. The molecule has 1 heterocycles. The number of alkyl halides is 2. The molecule has 1 aromatic heterocycles. The van der Waals surface area contributed by atoms with Crippen LogP contribution in [0.5, 0.6) is 5.75 Å². The molecule has 0 saturated carbocycles. The van der Waals surface area contributed by atoms with E-state index in [1.165, 1.54) is 0 Å². The van der Waals surface area contributed by atoms with Crippen molar-refractivity contribution in [3.8, 4) is 39.3 Å². The normalized spacial score (nSPS) is 11.6. The van der Waals surface area contributed by atoms with Gasteiger partial charge in [-0.2, -0.15) is 8.78 Å². The minimum absolute atomic E-state index is 0.0364. The van der Waals surface area contributed by atoms with E-state index in [0.29, 0.717) is 30.3 Å². The zero-order chi connectivity index (χ0) is 34.0. The van der Waals surface area contributed by atoms with Crippen LogP contribution in [0.3, 0.4) is 0 Å². The van der Waals surface area contributed by atoms with E-state index < -0.39 is 86.2 Å². The molecule has 2 nitrogen and oxygen atoms in total. The predicted molar refractivity (Wildman–Crippen MR) is 154 cm³/mol. The van der Waals surface area contributed by atoms with Crippen molar-refractivity contribution < 1.29 is 48.6 Å². The van der Waals surface area contributed by atoms with Gasteiger partial charge in [0.1, 0.15) is 40.4 Å². The highest BCUT2D eigenvalue weighted by Gasteiger charge is 2.41. The number of hydrogen-bond donors (Lipinski definition) is 0. The topological polar surface area (TPSA) is 22.1 Å². The maximum absolute atomic E-state index is 15.1. The van der Waals surface area contributed by atoms with E-state index >= 15 is 8.78 Å². The fourth-order valence-electron chi connectivity index (χ4n) is 5.02. The molecule has 0 bridgehead atoms. The van der Waals surface area contributed by atoms with Gasteiger partial charge in [0.15, 0.2) is 17.5 Å². The van der Waals surface area contributed by atoms with Gasteiger partial charge in [0.05, 0.1) is 11.3 Å². The highest BCUT2D eigenvalue weighted by molar-refractivity contribution is 5.71. The van der Waals surface area contributed by atoms with Gasteiger partial charge in [0.25, 0.3) is 0 Å². The number of nitrogens with zero attached hydrogens (tertiary/aromatic N) is 1. The molecule has 0 fully saturated rings. The maximum atomic E-state index is 15.1. The number of ether oxygens (including phenoxy) is 1. The summed E-state index contributed by atoms with van der Waals surface area (Å²) in [5.41, 5.74) is -3.33. The Bertz CT molecular complexity index is 1870. The van der Waals surface area contributed by atoms with E-state index in [0.717, 1.165) is 55.5 Å². The van der Waals surface area contributed by atoms with Gasteiger partial charge in [-0.05, 0) is 84.1 Å². The van der Waals surface area contributed by atoms with Crippen LogP contribution in [0.1, 0.15) is 37.3 Å². The van der Waals surface area contributed by atoms with E-state index in [2.05, 4.69) is 16.6 Å². The number of unbranched alkanes of at least 4 members (excludes halogenated alkanes) is 2. The van der Waals surface area contributed by atoms with Crippen LogP contribution in [0.4, 0.5) is 43.9 Å². The van der Waals surface area contributed by atoms with Crippen LogP contribution in [0.25, 0.3) is 33.5 Å². The fourth-order valence-corrected chi connectivity index (χ4v) is 5.02. The van der Waals surface area contributed by atoms with Crippen LogP contribution in [-0.2, 0) is 12.5 Å². The number of aromatic nitrogens is 1. The standard InChI is InChI=1S/C35H23F10NO/c1-2-3-4-5-18-6-9-31(46-17-18)20-12-25(37)32(26(38)13-20)21-14-27(39)33(28(40)15-21)35(44,45)47-22-7-8-23(24(36)16-22)19-10-29(41)34(43)30(42)11-19/h6-17H,2-5H2,1H3. The van der Waals surface area contributed by atoms with E-state index in [1.807, 2.05) is 0 Å². The maximum Gasteiger partial charge on any atom is 0.432 e. The summed E-state index contributed by atoms with van der Waals surface area (Å²) in [5, 5.41) is 0. The number of halogens is 10. The minimum Gasteiger partial charge on any atom is -0.429 e. The van der Waals surface area contributed by atoms with Gasteiger partial charge < -0.3 is 4.74 Å². The Hall–Kier alpha value is -4.87. The van der Waals surface area contributed by atoms with Crippen molar-refractivity contribution in [2.75, 3.05) is 0 Å². The van der Waals surface area contributed by atoms with Crippen molar-refractivity contribution >= 4 is 0 Å². The number of aryl methyl sites for hydroxylation is 1. The molecule has 5 aromatic rings. The van der Waals surface area contributed by atoms with Crippen molar-refractivity contribution in [1.29, 1.82) is 0 Å². The summed E-state index contributed by atoms with van der Waals surface area (Å²) in [7, 11) is 0. The van der Waals surface area contributed by atoms with Crippen LogP contribution >= 0.6 is 0 Å². The largest absolute Gasteiger partial charge is 0.432 e. The van der Waals surface area contributed by atoms with Gasteiger partial charge >= 0.3 is 6.11 Å². The SMILES string of the molecule is CCCCCc1ccc(-c2cc(F)c(-c3cc(F)c(C(F)(F)Oc4ccc(-c5cc(F)c(F)c(F)c5)c(F)c4)c(F)c3)c(F)c2)nc1. The summed E-state index contributed by atoms with van der Waals surface area (Å²) in [6, 6.07) is 8.51. The van der Waals surface area contributed by atoms with Gasteiger partial charge in [-0.25, -0.2) is 35.1 Å². The van der Waals surface area contributed by atoms with Crippen molar-refractivity contribution in [3.05, 3.63) is 131 Å². The summed E-state index contributed by atoms with van der Waals surface area (Å²) < 4.78 is 150. The first-order valence-electron chi connectivity index (χ1n) is 14.2. The van der Waals surface area contributed by atoms with Crippen LogP contribution in [0.15, 0.2) is 72.9 Å². The average Bonchev–Trinajstić information content (AvgIpc) is 2.99. The minimum atomic E-state index is -4.77. The van der Waals surface area contributed by atoms with Crippen LogP contribution in [0.2, 0.25) is 0 Å². The molecule has 244 valence electrons. The molecule has 0 aliphatic carbocycles. The number of pyridine rings is 1. The molecule has 0 N–H and O–H groups in total. The van der Waals surface area contributed by atoms with Gasteiger partial charge in [-0.1, -0.05) is 25.8 Å². The first kappa shape index (κ1) is 33.5. The second-order valence-corrected chi connectivity index (χ2v) is 10.7. The lowest BCUT2D eigenvalue weighted by Crippen LogP contribution is -2.25. The van der Waals surface area contributed by atoms with E-state index in [9.17, 15) is 35.1 Å². The molecular formula is C35H23F10NO. The van der Waals surface area contributed by atoms with Gasteiger partial charge in [-0.3, -0.25) is 4.98 Å². The van der Waals surface area contributed by atoms with E-state index in [1.54, 1.807) is 18.3 Å². The fraction of sp³-hybridized carbons (Fsp3) is 0.171. The van der Waals surface area contributed by atoms with Crippen molar-refractivity contribution in [3.63, 3.8) is 0 Å². The third-order valence-electron chi connectivity index (χ3n) is 7.33. The van der Waals surface area contributed by atoms with Gasteiger partial charge in [0, 0.05) is 23.4 Å². The van der Waals surface area contributed by atoms with Crippen LogP contribution in [0, 0.1) is 46.5 Å². The zero-order valence-corrected chi connectivity index (χ0v) is 24.4. The lowest BCUT2D eigenvalue weighted by molar-refractivity contribution is -0.189. The van der Waals surface area contributed by atoms with Crippen molar-refractivity contribution in [2.45, 2.75) is 38.7 Å². The Morgan fingerprint density at radius 1 is 0.617 bits per heavy atom. The third-order valence-corrected chi connectivity index (χ3v) is 7.33. The summed E-state index contributed by atoms with van der Waals surface area (Å²) in [5.74, 6) is -13.7. The van der Waals surface area contributed by atoms with Crippen molar-refractivity contribution in [2.24, 2.45) is 0 Å². The van der Waals surface area contributed by atoms with E-state index in [4.69, 9.17) is 0 Å². The number of rotatable bonds is 10. The molecule has 0 amide bonds. The Labute approximate surface area is 262 Å². The third kappa shape index (κ3) is 7.11. The lowest BCUT2D eigenvalue weighted by atomic mass is 9.98. The predicted octanol–water partition coefficient (Wildman–Crippen LogP) is 11.1. The highest BCUT2D eigenvalue weighted by atomic mass is 19.3. The van der Waals surface area contributed by atoms with Gasteiger partial charge in [0.2, 0.25) is 0 Å². The first-order valence-corrected chi connectivity index (χ1v) is 14.2. The van der Waals surface area contributed by atoms with Crippen LogP contribution in [-0.4, -0.2) is 4.98 Å². The second kappa shape index (κ2) is 13.5. The molecule has 0 spiro atoms. The molecule has 47 heavy (non-hydrogen) atoms. The molecular weight excluding hydrogens is 640 g/mol. The monoisotopic (exact) mass is 663 g/mol. The summed E-state index contributed by atoms with van der Waals surface area (Å²) >= 11 is 0. The average molecular weight is 664 g/mol. The quantitative estimate of drug-likeness (QED) is 0.0843. The van der Waals surface area contributed by atoms with E-state index in [-0.39, 0.29) is 11.3 Å². The molecule has 0 unspecified atom stereocenters. The lowest BCUT2D eigenvalue weighted by Gasteiger charge is -2.20. The second-order valence-electron chi connectivity index (χ2n) is 10.7. The Balaban J connectivity index is 1.39. The van der Waals surface area contributed by atoms with Crippen LogP contribution < -0.4 is 4.74 Å². The molecule has 12 heteroatoms. The molecule has 0 radical (unpaired) electrons. The molecule has 0 atom stereocenters.